The maximum Gasteiger partial charge on any atom is 0.367 e. The molecule has 0 radical (unpaired) electrons. The van der Waals surface area contributed by atoms with Crippen LogP contribution < -0.4 is 0 Å². The molecule has 0 bridgehead atoms. The lowest BCUT2D eigenvalue weighted by atomic mass is 10.3. The zero-order chi connectivity index (χ0) is 14.4. The summed E-state index contributed by atoms with van der Waals surface area (Å²) in [5.74, 6) is -0.631. The molecule has 104 valence electrons. The molecule has 5 nitrogen and oxygen atoms in total. The molecule has 0 aliphatic rings. The quantitative estimate of drug-likeness (QED) is 0.593. The fraction of sp³-hybridized carbons (Fsp3) is 0.462. The molecule has 0 N–H and O–H groups in total. The number of ether oxygens (including phenoxy) is 1. The summed E-state index contributed by atoms with van der Waals surface area (Å²) in [5.41, 5.74) is 0.908. The molecule has 0 spiro atoms. The Balaban J connectivity index is 2.82. The van der Waals surface area contributed by atoms with E-state index in [0.717, 1.165) is 16.9 Å². The minimum absolute atomic E-state index is 0.140. The highest BCUT2D eigenvalue weighted by molar-refractivity contribution is 7.15. The van der Waals surface area contributed by atoms with E-state index in [1.54, 1.807) is 11.8 Å². The Kier molecular flexibility index (Phi) is 5.69. The number of thiazole rings is 1. The molecule has 0 saturated carbocycles. The van der Waals surface area contributed by atoms with Crippen LogP contribution in [0.15, 0.2) is 18.3 Å². The van der Waals surface area contributed by atoms with Crippen molar-refractivity contribution >= 4 is 23.2 Å². The van der Waals surface area contributed by atoms with Gasteiger partial charge in [0.05, 0.1) is 12.8 Å². The van der Waals surface area contributed by atoms with Crippen molar-refractivity contribution in [3.8, 4) is 0 Å². The van der Waals surface area contributed by atoms with Crippen molar-refractivity contribution in [1.82, 2.24) is 9.88 Å². The highest BCUT2D eigenvalue weighted by Gasteiger charge is 2.20. The van der Waals surface area contributed by atoms with Gasteiger partial charge in [-0.2, -0.15) is 0 Å². The van der Waals surface area contributed by atoms with Gasteiger partial charge in [-0.05, 0) is 20.8 Å². The summed E-state index contributed by atoms with van der Waals surface area (Å²) in [5, 5.41) is 0.205. The molecule has 1 amide bonds. The van der Waals surface area contributed by atoms with Crippen LogP contribution >= 0.6 is 11.3 Å². The number of hydrogen-bond donors (Lipinski definition) is 0. The van der Waals surface area contributed by atoms with E-state index in [-0.39, 0.29) is 10.9 Å². The van der Waals surface area contributed by atoms with Crippen molar-refractivity contribution in [2.24, 2.45) is 0 Å². The van der Waals surface area contributed by atoms with Gasteiger partial charge >= 0.3 is 5.97 Å². The fourth-order valence-corrected chi connectivity index (χ4v) is 2.25. The first kappa shape index (κ1) is 15.4. The van der Waals surface area contributed by atoms with E-state index in [4.69, 9.17) is 4.74 Å². The smallest absolute Gasteiger partial charge is 0.367 e. The van der Waals surface area contributed by atoms with E-state index in [1.807, 2.05) is 13.8 Å². The summed E-state index contributed by atoms with van der Waals surface area (Å²) in [7, 11) is 0. The van der Waals surface area contributed by atoms with Crippen LogP contribution in [0.1, 0.15) is 40.2 Å². The Bertz CT molecular complexity index is 482. The first-order valence-corrected chi connectivity index (χ1v) is 6.87. The number of nitrogens with zero attached hydrogens (tertiary/aromatic N) is 2. The molecule has 0 unspecified atom stereocenters. The van der Waals surface area contributed by atoms with Crippen LogP contribution in [0.5, 0.6) is 0 Å². The average molecular weight is 282 g/mol. The van der Waals surface area contributed by atoms with Crippen molar-refractivity contribution in [2.45, 2.75) is 20.8 Å². The molecular formula is C13H18N2O3S. The summed E-state index contributed by atoms with van der Waals surface area (Å²) in [6.45, 7) is 10.7. The molecule has 0 saturated heterocycles. The zero-order valence-electron chi connectivity index (χ0n) is 11.4. The van der Waals surface area contributed by atoms with Gasteiger partial charge in [0.25, 0.3) is 5.91 Å². The van der Waals surface area contributed by atoms with E-state index >= 15 is 0 Å². The number of likely N-dealkylation sites (N-methyl/N-ethyl adjacent to an activating group) is 1. The monoisotopic (exact) mass is 282 g/mol. The summed E-state index contributed by atoms with van der Waals surface area (Å²) in [6.07, 6.45) is 1.42. The zero-order valence-corrected chi connectivity index (χ0v) is 12.2. The summed E-state index contributed by atoms with van der Waals surface area (Å²) >= 11 is 1.05. The number of aromatic nitrogens is 1. The van der Waals surface area contributed by atoms with E-state index in [9.17, 15) is 9.59 Å². The molecule has 0 aliphatic heterocycles. The fourth-order valence-electron chi connectivity index (χ4n) is 1.47. The normalized spacial score (nSPS) is 10.1. The van der Waals surface area contributed by atoms with Crippen LogP contribution in [0.3, 0.4) is 0 Å². The maximum atomic E-state index is 12.2. The van der Waals surface area contributed by atoms with Crippen molar-refractivity contribution in [2.75, 3.05) is 19.7 Å². The molecular weight excluding hydrogens is 264 g/mol. The van der Waals surface area contributed by atoms with E-state index in [2.05, 4.69) is 11.6 Å². The highest BCUT2D eigenvalue weighted by atomic mass is 32.1. The van der Waals surface area contributed by atoms with Gasteiger partial charge < -0.3 is 9.64 Å². The number of carbonyl (C=O) groups is 2. The molecule has 1 aromatic rings. The minimum atomic E-state index is -0.491. The van der Waals surface area contributed by atoms with Crippen LogP contribution in [-0.4, -0.2) is 41.5 Å². The van der Waals surface area contributed by atoms with Crippen LogP contribution in [0.25, 0.3) is 0 Å². The lowest BCUT2D eigenvalue weighted by Crippen LogP contribution is -2.31. The topological polar surface area (TPSA) is 59.5 Å². The van der Waals surface area contributed by atoms with Crippen LogP contribution in [-0.2, 0) is 4.74 Å². The van der Waals surface area contributed by atoms with Gasteiger partial charge in [0, 0.05) is 13.1 Å². The highest BCUT2D eigenvalue weighted by Crippen LogP contribution is 2.16. The van der Waals surface area contributed by atoms with Crippen LogP contribution in [0.4, 0.5) is 0 Å². The maximum absolute atomic E-state index is 12.2. The third-order valence-electron chi connectivity index (χ3n) is 2.30. The summed E-state index contributed by atoms with van der Waals surface area (Å²) in [4.78, 5) is 29.7. The van der Waals surface area contributed by atoms with Gasteiger partial charge in [0.1, 0.15) is 4.88 Å². The molecule has 1 heterocycles. The molecule has 1 aromatic heterocycles. The number of carbonyl (C=O) groups excluding carboxylic acids is 2. The first-order chi connectivity index (χ1) is 8.99. The van der Waals surface area contributed by atoms with Gasteiger partial charge in [-0.15, -0.1) is 11.3 Å². The second-order valence-electron chi connectivity index (χ2n) is 4.03. The molecule has 0 aliphatic carbocycles. The third-order valence-corrected chi connectivity index (χ3v) is 3.26. The number of amides is 1. The first-order valence-electron chi connectivity index (χ1n) is 6.06. The Morgan fingerprint density at radius 1 is 1.47 bits per heavy atom. The molecule has 1 rings (SSSR count). The molecule has 19 heavy (non-hydrogen) atoms. The van der Waals surface area contributed by atoms with E-state index in [1.165, 1.54) is 6.20 Å². The minimum Gasteiger partial charge on any atom is -0.461 e. The van der Waals surface area contributed by atoms with Crippen LogP contribution in [0, 0.1) is 0 Å². The van der Waals surface area contributed by atoms with Gasteiger partial charge in [-0.25, -0.2) is 9.78 Å². The predicted molar refractivity (Wildman–Crippen MR) is 74.5 cm³/mol. The Morgan fingerprint density at radius 3 is 2.68 bits per heavy atom. The standard InChI is InChI=1S/C13H18N2O3S/c1-5-15(8-9(3)4)12(16)10-7-14-11(19-10)13(17)18-6-2/h7H,3,5-6,8H2,1-2,4H3. The van der Waals surface area contributed by atoms with Crippen molar-refractivity contribution in [1.29, 1.82) is 0 Å². The molecule has 0 fully saturated rings. The summed E-state index contributed by atoms with van der Waals surface area (Å²) < 4.78 is 4.84. The number of esters is 1. The average Bonchev–Trinajstić information content (AvgIpc) is 2.84. The molecule has 6 heteroatoms. The van der Waals surface area contributed by atoms with Gasteiger partial charge in [0.2, 0.25) is 5.01 Å². The Labute approximate surface area is 116 Å². The predicted octanol–water partition coefficient (Wildman–Crippen LogP) is 2.36. The lowest BCUT2D eigenvalue weighted by molar-refractivity contribution is 0.0525. The number of rotatable bonds is 6. The second-order valence-corrected chi connectivity index (χ2v) is 5.06. The van der Waals surface area contributed by atoms with Gasteiger partial charge in [-0.1, -0.05) is 12.2 Å². The molecule has 0 atom stereocenters. The van der Waals surface area contributed by atoms with E-state index < -0.39 is 5.97 Å². The Hall–Kier alpha value is -1.69. The second kappa shape index (κ2) is 7.04. The van der Waals surface area contributed by atoms with Gasteiger partial charge in [-0.3, -0.25) is 4.79 Å². The Morgan fingerprint density at radius 2 is 2.16 bits per heavy atom. The van der Waals surface area contributed by atoms with Crippen molar-refractivity contribution in [3.63, 3.8) is 0 Å². The van der Waals surface area contributed by atoms with Crippen molar-refractivity contribution < 1.29 is 14.3 Å². The number of hydrogen-bond acceptors (Lipinski definition) is 5. The van der Waals surface area contributed by atoms with Crippen molar-refractivity contribution in [3.05, 3.63) is 28.2 Å². The molecule has 0 aromatic carbocycles. The largest absolute Gasteiger partial charge is 0.461 e. The summed E-state index contributed by atoms with van der Waals surface area (Å²) in [6, 6.07) is 0. The van der Waals surface area contributed by atoms with Crippen LogP contribution in [0.2, 0.25) is 0 Å². The van der Waals surface area contributed by atoms with E-state index in [0.29, 0.717) is 24.6 Å². The lowest BCUT2D eigenvalue weighted by Gasteiger charge is -2.19. The third kappa shape index (κ3) is 4.17. The van der Waals surface area contributed by atoms with Gasteiger partial charge in [0.15, 0.2) is 0 Å². The SMILES string of the molecule is C=C(C)CN(CC)C(=O)c1cnc(C(=O)OCC)s1.